The predicted octanol–water partition coefficient (Wildman–Crippen LogP) is 0.866. The molecule has 0 aliphatic carbocycles. The van der Waals surface area contributed by atoms with Crippen LogP contribution in [0.15, 0.2) is 5.10 Å². The third-order valence-corrected chi connectivity index (χ3v) is 1.81. The van der Waals surface area contributed by atoms with Gasteiger partial charge < -0.3 is 5.32 Å². The van der Waals surface area contributed by atoms with Crippen molar-refractivity contribution in [2.75, 3.05) is 6.54 Å². The van der Waals surface area contributed by atoms with Gasteiger partial charge in [-0.05, 0) is 12.2 Å². The predicted molar refractivity (Wildman–Crippen MR) is 50.6 cm³/mol. The first kappa shape index (κ1) is 8.46. The van der Waals surface area contributed by atoms with Crippen molar-refractivity contribution in [1.29, 1.82) is 0 Å². The van der Waals surface area contributed by atoms with E-state index in [1.54, 1.807) is 0 Å². The fourth-order valence-corrected chi connectivity index (χ4v) is 0.912. The van der Waals surface area contributed by atoms with Crippen LogP contribution < -0.4 is 10.7 Å². The molecule has 1 heterocycles. The van der Waals surface area contributed by atoms with Crippen molar-refractivity contribution in [3.8, 4) is 0 Å². The molecule has 0 aromatic carbocycles. The lowest BCUT2D eigenvalue weighted by atomic mass is 9.90. The van der Waals surface area contributed by atoms with E-state index in [0.717, 1.165) is 12.3 Å². The Hall–Kier alpha value is -0.640. The number of thiocarbonyl (C=S) groups is 1. The van der Waals surface area contributed by atoms with Crippen LogP contribution in [0.2, 0.25) is 0 Å². The van der Waals surface area contributed by atoms with E-state index in [2.05, 4.69) is 36.6 Å². The van der Waals surface area contributed by atoms with Crippen LogP contribution in [0.3, 0.4) is 0 Å². The van der Waals surface area contributed by atoms with Crippen LogP contribution in [0.1, 0.15) is 20.8 Å². The van der Waals surface area contributed by atoms with E-state index in [-0.39, 0.29) is 5.41 Å². The summed E-state index contributed by atoms with van der Waals surface area (Å²) in [5.41, 5.74) is 3.97. The minimum absolute atomic E-state index is 0.121. The van der Waals surface area contributed by atoms with Crippen molar-refractivity contribution in [3.05, 3.63) is 0 Å². The number of hydrazone groups is 1. The van der Waals surface area contributed by atoms with E-state index in [1.807, 2.05) is 0 Å². The van der Waals surface area contributed by atoms with Gasteiger partial charge in [-0.1, -0.05) is 20.8 Å². The summed E-state index contributed by atoms with van der Waals surface area (Å²) in [4.78, 5) is 0. The highest BCUT2D eigenvalue weighted by Crippen LogP contribution is 2.15. The maximum atomic E-state index is 4.85. The van der Waals surface area contributed by atoms with Gasteiger partial charge in [0, 0.05) is 5.41 Å². The van der Waals surface area contributed by atoms with Crippen molar-refractivity contribution in [2.24, 2.45) is 10.5 Å². The molecule has 4 heteroatoms. The highest BCUT2D eigenvalue weighted by molar-refractivity contribution is 7.80. The third kappa shape index (κ3) is 2.15. The molecule has 3 nitrogen and oxygen atoms in total. The Balaban J connectivity index is 2.69. The fraction of sp³-hybridized carbons (Fsp3) is 0.714. The highest BCUT2D eigenvalue weighted by atomic mass is 32.1. The Morgan fingerprint density at radius 1 is 1.45 bits per heavy atom. The Labute approximate surface area is 72.2 Å². The zero-order valence-electron chi connectivity index (χ0n) is 7.06. The molecule has 0 aromatic rings. The molecule has 0 saturated carbocycles. The monoisotopic (exact) mass is 171 g/mol. The standard InChI is InChI=1S/C7H13N3S/c1-7(2,3)5-4-8-6(11)10-9-5/h4H2,1-3H3,(H2,8,10,11). The molecule has 2 N–H and O–H groups in total. The topological polar surface area (TPSA) is 36.4 Å². The van der Waals surface area contributed by atoms with Crippen LogP contribution in [0.4, 0.5) is 0 Å². The van der Waals surface area contributed by atoms with Gasteiger partial charge in [-0.25, -0.2) is 0 Å². The Bertz CT molecular complexity index is 202. The van der Waals surface area contributed by atoms with E-state index in [0.29, 0.717) is 5.11 Å². The second-order valence-electron chi connectivity index (χ2n) is 3.60. The quantitative estimate of drug-likeness (QED) is 0.531. The summed E-state index contributed by atoms with van der Waals surface area (Å²) in [6.07, 6.45) is 0. The van der Waals surface area contributed by atoms with Gasteiger partial charge in [0.05, 0.1) is 12.3 Å². The van der Waals surface area contributed by atoms with Crippen molar-refractivity contribution in [1.82, 2.24) is 10.7 Å². The fourth-order valence-electron chi connectivity index (χ4n) is 0.794. The average Bonchev–Trinajstić information content (AvgIpc) is 1.86. The van der Waals surface area contributed by atoms with Gasteiger partial charge in [0.15, 0.2) is 5.11 Å². The number of nitrogens with zero attached hydrogens (tertiary/aromatic N) is 1. The molecule has 0 unspecified atom stereocenters. The van der Waals surface area contributed by atoms with Gasteiger partial charge in [0.1, 0.15) is 0 Å². The van der Waals surface area contributed by atoms with E-state index >= 15 is 0 Å². The molecule has 0 spiro atoms. The van der Waals surface area contributed by atoms with Crippen molar-refractivity contribution >= 4 is 23.0 Å². The lowest BCUT2D eigenvalue weighted by Crippen LogP contribution is -2.45. The number of rotatable bonds is 0. The van der Waals surface area contributed by atoms with Crippen LogP contribution in [0.5, 0.6) is 0 Å². The van der Waals surface area contributed by atoms with E-state index in [1.165, 1.54) is 0 Å². The summed E-state index contributed by atoms with van der Waals surface area (Å²) in [5, 5.41) is 7.78. The van der Waals surface area contributed by atoms with E-state index in [9.17, 15) is 0 Å². The number of hydrogen-bond donors (Lipinski definition) is 2. The molecule has 0 fully saturated rings. The second kappa shape index (κ2) is 2.77. The molecule has 0 amide bonds. The van der Waals surface area contributed by atoms with Gasteiger partial charge >= 0.3 is 0 Å². The Kier molecular flexibility index (Phi) is 2.13. The van der Waals surface area contributed by atoms with Crippen LogP contribution >= 0.6 is 12.2 Å². The molecule has 11 heavy (non-hydrogen) atoms. The largest absolute Gasteiger partial charge is 0.356 e. The SMILES string of the molecule is CC(C)(C)C1=NNC(=S)NC1. The maximum Gasteiger partial charge on any atom is 0.187 e. The third-order valence-electron chi connectivity index (χ3n) is 1.57. The maximum absolute atomic E-state index is 4.85. The molecule has 0 saturated heterocycles. The van der Waals surface area contributed by atoms with Crippen LogP contribution in [0, 0.1) is 5.41 Å². The van der Waals surface area contributed by atoms with Crippen molar-refractivity contribution in [2.45, 2.75) is 20.8 Å². The lowest BCUT2D eigenvalue weighted by Gasteiger charge is -2.25. The van der Waals surface area contributed by atoms with Gasteiger partial charge in [-0.15, -0.1) is 0 Å². The molecule has 1 aliphatic rings. The number of nitrogens with one attached hydrogen (secondary N) is 2. The molecule has 62 valence electrons. The van der Waals surface area contributed by atoms with Gasteiger partial charge in [-0.3, -0.25) is 5.43 Å². The average molecular weight is 171 g/mol. The van der Waals surface area contributed by atoms with Crippen LogP contribution in [-0.2, 0) is 0 Å². The first-order valence-electron chi connectivity index (χ1n) is 3.61. The molecular weight excluding hydrogens is 158 g/mol. The van der Waals surface area contributed by atoms with Gasteiger partial charge in [0.25, 0.3) is 0 Å². The van der Waals surface area contributed by atoms with Crippen LogP contribution in [-0.4, -0.2) is 17.4 Å². The molecule has 1 aliphatic heterocycles. The molecular formula is C7H13N3S. The normalized spacial score (nSPS) is 18.5. The lowest BCUT2D eigenvalue weighted by molar-refractivity contribution is 0.569. The van der Waals surface area contributed by atoms with E-state index in [4.69, 9.17) is 12.2 Å². The summed E-state index contributed by atoms with van der Waals surface area (Å²) >= 11 is 4.85. The molecule has 0 bridgehead atoms. The zero-order valence-corrected chi connectivity index (χ0v) is 7.88. The highest BCUT2D eigenvalue weighted by Gasteiger charge is 2.21. The summed E-state index contributed by atoms with van der Waals surface area (Å²) < 4.78 is 0. The molecule has 1 rings (SSSR count). The first-order chi connectivity index (χ1) is 5.00. The minimum atomic E-state index is 0.121. The smallest absolute Gasteiger partial charge is 0.187 e. The zero-order chi connectivity index (χ0) is 8.48. The van der Waals surface area contributed by atoms with Gasteiger partial charge in [0.2, 0.25) is 0 Å². The molecule has 0 radical (unpaired) electrons. The summed E-state index contributed by atoms with van der Waals surface area (Å²) in [5.74, 6) is 0. The van der Waals surface area contributed by atoms with Gasteiger partial charge in [-0.2, -0.15) is 5.10 Å². The van der Waals surface area contributed by atoms with Crippen molar-refractivity contribution in [3.63, 3.8) is 0 Å². The minimum Gasteiger partial charge on any atom is -0.356 e. The Morgan fingerprint density at radius 2 is 2.09 bits per heavy atom. The molecule has 0 atom stereocenters. The first-order valence-corrected chi connectivity index (χ1v) is 4.02. The molecule has 0 aromatic heterocycles. The van der Waals surface area contributed by atoms with E-state index < -0.39 is 0 Å². The Morgan fingerprint density at radius 3 is 2.45 bits per heavy atom. The second-order valence-corrected chi connectivity index (χ2v) is 4.01. The van der Waals surface area contributed by atoms with Crippen molar-refractivity contribution < 1.29 is 0 Å². The summed E-state index contributed by atoms with van der Waals surface area (Å²) in [6.45, 7) is 7.14. The van der Waals surface area contributed by atoms with Crippen LogP contribution in [0.25, 0.3) is 0 Å². The summed E-state index contributed by atoms with van der Waals surface area (Å²) in [7, 11) is 0. The summed E-state index contributed by atoms with van der Waals surface area (Å²) in [6, 6.07) is 0. The number of hydrogen-bond acceptors (Lipinski definition) is 2.